The Bertz CT molecular complexity index is 560. The zero-order valence-corrected chi connectivity index (χ0v) is 12.5. The highest BCUT2D eigenvalue weighted by atomic mass is 19.1. The zero-order valence-electron chi connectivity index (χ0n) is 12.5. The molecule has 0 aliphatic heterocycles. The van der Waals surface area contributed by atoms with Crippen molar-refractivity contribution in [3.63, 3.8) is 0 Å². The van der Waals surface area contributed by atoms with Crippen LogP contribution in [-0.4, -0.2) is 24.7 Å². The summed E-state index contributed by atoms with van der Waals surface area (Å²) in [5.41, 5.74) is 2.14. The second-order valence-corrected chi connectivity index (χ2v) is 4.99. The molecule has 1 aromatic carbocycles. The molecule has 112 valence electrons. The maximum Gasteiger partial charge on any atom is 0.165 e. The van der Waals surface area contributed by atoms with Crippen molar-refractivity contribution in [2.24, 2.45) is 0 Å². The van der Waals surface area contributed by atoms with E-state index in [4.69, 9.17) is 4.74 Å². The molecule has 2 aromatic rings. The van der Waals surface area contributed by atoms with Crippen molar-refractivity contribution in [1.29, 1.82) is 0 Å². The largest absolute Gasteiger partial charge is 0.494 e. The molecule has 0 fully saturated rings. The van der Waals surface area contributed by atoms with Gasteiger partial charge in [0.15, 0.2) is 11.6 Å². The number of hydrogen-bond acceptors (Lipinski definition) is 3. The summed E-state index contributed by atoms with van der Waals surface area (Å²) in [6.45, 7) is 2.95. The van der Waals surface area contributed by atoms with Gasteiger partial charge in [-0.05, 0) is 48.7 Å². The van der Waals surface area contributed by atoms with Gasteiger partial charge in [0.1, 0.15) is 0 Å². The van der Waals surface area contributed by atoms with Gasteiger partial charge in [0.2, 0.25) is 0 Å². The fourth-order valence-electron chi connectivity index (χ4n) is 2.43. The van der Waals surface area contributed by atoms with Crippen molar-refractivity contribution in [1.82, 2.24) is 10.3 Å². The second kappa shape index (κ2) is 7.74. The minimum absolute atomic E-state index is 0.256. The number of hydrogen-bond donors (Lipinski definition) is 1. The lowest BCUT2D eigenvalue weighted by Gasteiger charge is -2.18. The van der Waals surface area contributed by atoms with Crippen LogP contribution in [0.2, 0.25) is 0 Å². The Balaban J connectivity index is 2.07. The van der Waals surface area contributed by atoms with Crippen molar-refractivity contribution in [2.45, 2.75) is 25.8 Å². The molecule has 0 saturated heterocycles. The quantitative estimate of drug-likeness (QED) is 0.850. The van der Waals surface area contributed by atoms with Gasteiger partial charge in [-0.15, -0.1) is 0 Å². The fraction of sp³-hybridized carbons (Fsp3) is 0.353. The standard InChI is InChI=1S/C17H21FN2O/c1-3-20-15(10-14-5-4-8-19-12-14)9-13-6-7-17(21-2)16(18)11-13/h4-8,11-12,15,20H,3,9-10H2,1-2H3. The molecule has 1 aromatic heterocycles. The van der Waals surface area contributed by atoms with E-state index in [0.717, 1.165) is 24.9 Å². The van der Waals surface area contributed by atoms with E-state index in [-0.39, 0.29) is 17.6 Å². The van der Waals surface area contributed by atoms with Crippen LogP contribution in [0.1, 0.15) is 18.1 Å². The maximum absolute atomic E-state index is 13.8. The first kappa shape index (κ1) is 15.4. The van der Waals surface area contributed by atoms with Gasteiger partial charge in [0.05, 0.1) is 7.11 Å². The molecule has 0 saturated carbocycles. The maximum atomic E-state index is 13.8. The minimum Gasteiger partial charge on any atom is -0.494 e. The van der Waals surface area contributed by atoms with E-state index < -0.39 is 0 Å². The number of methoxy groups -OCH3 is 1. The third kappa shape index (κ3) is 4.53. The van der Waals surface area contributed by atoms with Crippen molar-refractivity contribution >= 4 is 0 Å². The lowest BCUT2D eigenvalue weighted by atomic mass is 9.99. The lowest BCUT2D eigenvalue weighted by Crippen LogP contribution is -2.33. The van der Waals surface area contributed by atoms with Gasteiger partial charge >= 0.3 is 0 Å². The van der Waals surface area contributed by atoms with Gasteiger partial charge in [0, 0.05) is 18.4 Å². The van der Waals surface area contributed by atoms with Crippen molar-refractivity contribution < 1.29 is 9.13 Å². The average molecular weight is 288 g/mol. The molecule has 1 heterocycles. The summed E-state index contributed by atoms with van der Waals surface area (Å²) in [6.07, 6.45) is 5.28. The minimum atomic E-state index is -0.313. The molecule has 0 aliphatic rings. The molecule has 0 aliphatic carbocycles. The number of pyridine rings is 1. The lowest BCUT2D eigenvalue weighted by molar-refractivity contribution is 0.386. The number of halogens is 1. The summed E-state index contributed by atoms with van der Waals surface area (Å²) in [7, 11) is 1.47. The van der Waals surface area contributed by atoms with Gasteiger partial charge in [-0.2, -0.15) is 0 Å². The number of benzene rings is 1. The van der Waals surface area contributed by atoms with E-state index in [2.05, 4.69) is 23.3 Å². The number of nitrogens with one attached hydrogen (secondary N) is 1. The molecular weight excluding hydrogens is 267 g/mol. The summed E-state index contributed by atoms with van der Waals surface area (Å²) in [4.78, 5) is 4.14. The molecule has 3 nitrogen and oxygen atoms in total. The summed E-state index contributed by atoms with van der Waals surface area (Å²) < 4.78 is 18.7. The Labute approximate surface area is 125 Å². The molecular formula is C17H21FN2O. The predicted molar refractivity (Wildman–Crippen MR) is 82.1 cm³/mol. The van der Waals surface area contributed by atoms with Crippen LogP contribution in [-0.2, 0) is 12.8 Å². The van der Waals surface area contributed by atoms with E-state index in [1.807, 2.05) is 18.3 Å². The molecule has 21 heavy (non-hydrogen) atoms. The topological polar surface area (TPSA) is 34.2 Å². The van der Waals surface area contributed by atoms with Crippen LogP contribution in [0.25, 0.3) is 0 Å². The van der Waals surface area contributed by atoms with Gasteiger partial charge in [-0.1, -0.05) is 19.1 Å². The monoisotopic (exact) mass is 288 g/mol. The first-order valence-corrected chi connectivity index (χ1v) is 7.17. The third-order valence-electron chi connectivity index (χ3n) is 3.40. The summed E-state index contributed by atoms with van der Waals surface area (Å²) >= 11 is 0. The highest BCUT2D eigenvalue weighted by Gasteiger charge is 2.11. The van der Waals surface area contributed by atoms with Crippen LogP contribution in [0.3, 0.4) is 0 Å². The normalized spacial score (nSPS) is 12.1. The molecule has 2 rings (SSSR count). The zero-order chi connectivity index (χ0) is 15.1. The highest BCUT2D eigenvalue weighted by molar-refractivity contribution is 5.30. The highest BCUT2D eigenvalue weighted by Crippen LogP contribution is 2.19. The molecule has 1 atom stereocenters. The first-order chi connectivity index (χ1) is 10.2. The van der Waals surface area contributed by atoms with Gasteiger partial charge in [0.25, 0.3) is 0 Å². The summed E-state index contributed by atoms with van der Waals surface area (Å²) in [6, 6.07) is 9.39. The molecule has 0 bridgehead atoms. The molecule has 4 heteroatoms. The number of nitrogens with zero attached hydrogens (tertiary/aromatic N) is 1. The average Bonchev–Trinajstić information content (AvgIpc) is 2.49. The van der Waals surface area contributed by atoms with Gasteiger partial charge in [-0.3, -0.25) is 4.98 Å². The van der Waals surface area contributed by atoms with Crippen LogP contribution in [0.4, 0.5) is 4.39 Å². The number of likely N-dealkylation sites (N-methyl/N-ethyl adjacent to an activating group) is 1. The molecule has 0 spiro atoms. The molecule has 1 unspecified atom stereocenters. The van der Waals surface area contributed by atoms with Crippen LogP contribution in [0, 0.1) is 5.82 Å². The third-order valence-corrected chi connectivity index (χ3v) is 3.40. The van der Waals surface area contributed by atoms with Crippen molar-refractivity contribution in [2.75, 3.05) is 13.7 Å². The molecule has 1 N–H and O–H groups in total. The van der Waals surface area contributed by atoms with Crippen molar-refractivity contribution in [3.05, 3.63) is 59.7 Å². The van der Waals surface area contributed by atoms with Crippen LogP contribution in [0.5, 0.6) is 5.75 Å². The smallest absolute Gasteiger partial charge is 0.165 e. The first-order valence-electron chi connectivity index (χ1n) is 7.17. The van der Waals surface area contributed by atoms with Gasteiger partial charge in [-0.25, -0.2) is 4.39 Å². The van der Waals surface area contributed by atoms with Crippen LogP contribution in [0.15, 0.2) is 42.7 Å². The van der Waals surface area contributed by atoms with Crippen LogP contribution < -0.4 is 10.1 Å². The SMILES string of the molecule is CCNC(Cc1cccnc1)Cc1ccc(OC)c(F)c1. The summed E-state index contributed by atoms with van der Waals surface area (Å²) in [5.74, 6) is -0.0300. The fourth-order valence-corrected chi connectivity index (χ4v) is 2.43. The van der Waals surface area contributed by atoms with E-state index in [9.17, 15) is 4.39 Å². The van der Waals surface area contributed by atoms with Gasteiger partial charge < -0.3 is 10.1 Å². The Morgan fingerprint density at radius 3 is 2.67 bits per heavy atom. The Morgan fingerprint density at radius 1 is 1.24 bits per heavy atom. The van der Waals surface area contributed by atoms with E-state index in [0.29, 0.717) is 0 Å². The van der Waals surface area contributed by atoms with E-state index >= 15 is 0 Å². The Hall–Kier alpha value is -1.94. The molecule has 0 radical (unpaired) electrons. The van der Waals surface area contributed by atoms with E-state index in [1.165, 1.54) is 12.7 Å². The number of ether oxygens (including phenoxy) is 1. The number of aromatic nitrogens is 1. The Kier molecular flexibility index (Phi) is 5.69. The van der Waals surface area contributed by atoms with E-state index in [1.54, 1.807) is 18.3 Å². The number of rotatable bonds is 7. The Morgan fingerprint density at radius 2 is 2.05 bits per heavy atom. The summed E-state index contributed by atoms with van der Waals surface area (Å²) in [5, 5.41) is 3.45. The van der Waals surface area contributed by atoms with Crippen molar-refractivity contribution in [3.8, 4) is 5.75 Å². The second-order valence-electron chi connectivity index (χ2n) is 4.99. The molecule has 0 amide bonds. The predicted octanol–water partition coefficient (Wildman–Crippen LogP) is 2.99. The van der Waals surface area contributed by atoms with Crippen LogP contribution >= 0.6 is 0 Å².